The Morgan fingerprint density at radius 3 is 2.78 bits per heavy atom. The Balaban J connectivity index is 2.16. The molecule has 0 saturated carbocycles. The van der Waals surface area contributed by atoms with Gasteiger partial charge in [-0.1, -0.05) is 35.0 Å². The Morgan fingerprint density at radius 1 is 1.39 bits per heavy atom. The minimum absolute atomic E-state index is 0.353. The van der Waals surface area contributed by atoms with Gasteiger partial charge in [-0.2, -0.15) is 0 Å². The lowest BCUT2D eigenvalue weighted by atomic mass is 9.86. The highest BCUT2D eigenvalue weighted by Crippen LogP contribution is 2.31. The van der Waals surface area contributed by atoms with Gasteiger partial charge >= 0.3 is 0 Å². The summed E-state index contributed by atoms with van der Waals surface area (Å²) in [6, 6.07) is 9.97. The zero-order valence-electron chi connectivity index (χ0n) is 11.4. The molecule has 4 atom stereocenters. The second-order valence-corrected chi connectivity index (χ2v) is 6.44. The maximum absolute atomic E-state index is 6.16. The summed E-state index contributed by atoms with van der Waals surface area (Å²) in [4.78, 5) is 2.58. The minimum atomic E-state index is 0.353. The van der Waals surface area contributed by atoms with Gasteiger partial charge in [0.25, 0.3) is 0 Å². The molecule has 0 radical (unpaired) electrons. The van der Waals surface area contributed by atoms with Crippen LogP contribution in [0, 0.1) is 5.92 Å². The van der Waals surface area contributed by atoms with Crippen molar-refractivity contribution in [1.29, 1.82) is 0 Å². The van der Waals surface area contributed by atoms with Gasteiger partial charge in [0.1, 0.15) is 0 Å². The molecule has 1 saturated heterocycles. The average Bonchev–Trinajstić information content (AvgIpc) is 2.35. The number of hydrogen-bond donors (Lipinski definition) is 1. The van der Waals surface area contributed by atoms with Crippen molar-refractivity contribution in [3.05, 3.63) is 34.3 Å². The summed E-state index contributed by atoms with van der Waals surface area (Å²) < 4.78 is 1.15. The normalized spacial score (nSPS) is 31.3. The predicted octanol–water partition coefficient (Wildman–Crippen LogP) is 3.57. The number of nitrogens with two attached hydrogens (primary N) is 1. The quantitative estimate of drug-likeness (QED) is 0.905. The summed E-state index contributed by atoms with van der Waals surface area (Å²) in [5, 5.41) is 0. The van der Waals surface area contributed by atoms with E-state index in [2.05, 4.69) is 65.9 Å². The first-order valence-corrected chi connectivity index (χ1v) is 7.56. The number of likely N-dealkylation sites (tertiary alicyclic amines) is 1. The molecule has 100 valence electrons. The average molecular weight is 311 g/mol. The summed E-state index contributed by atoms with van der Waals surface area (Å²) in [7, 11) is 0. The molecule has 1 aliphatic heterocycles. The Morgan fingerprint density at radius 2 is 2.11 bits per heavy atom. The van der Waals surface area contributed by atoms with Crippen molar-refractivity contribution in [1.82, 2.24) is 4.90 Å². The van der Waals surface area contributed by atoms with Gasteiger partial charge in [-0.25, -0.2) is 0 Å². The Labute approximate surface area is 119 Å². The Kier molecular flexibility index (Phi) is 4.46. The summed E-state index contributed by atoms with van der Waals surface area (Å²) in [5.41, 5.74) is 7.53. The highest BCUT2D eigenvalue weighted by atomic mass is 79.9. The van der Waals surface area contributed by atoms with Crippen LogP contribution in [0.25, 0.3) is 0 Å². The molecule has 3 heteroatoms. The highest BCUT2D eigenvalue weighted by Gasteiger charge is 2.33. The smallest absolute Gasteiger partial charge is 0.0323 e. The molecule has 0 spiro atoms. The largest absolute Gasteiger partial charge is 0.327 e. The van der Waals surface area contributed by atoms with E-state index in [9.17, 15) is 0 Å². The van der Waals surface area contributed by atoms with Gasteiger partial charge in [0.15, 0.2) is 0 Å². The monoisotopic (exact) mass is 310 g/mol. The molecule has 1 heterocycles. The van der Waals surface area contributed by atoms with E-state index in [0.29, 0.717) is 24.0 Å². The van der Waals surface area contributed by atoms with E-state index < -0.39 is 0 Å². The van der Waals surface area contributed by atoms with Gasteiger partial charge in [-0.15, -0.1) is 0 Å². The van der Waals surface area contributed by atoms with Crippen molar-refractivity contribution in [2.24, 2.45) is 11.7 Å². The van der Waals surface area contributed by atoms with Gasteiger partial charge in [0.05, 0.1) is 0 Å². The Hall–Kier alpha value is -0.380. The number of hydrogen-bond acceptors (Lipinski definition) is 2. The van der Waals surface area contributed by atoms with Crippen molar-refractivity contribution < 1.29 is 0 Å². The van der Waals surface area contributed by atoms with Crippen LogP contribution < -0.4 is 5.73 Å². The maximum Gasteiger partial charge on any atom is 0.0323 e. The first-order valence-electron chi connectivity index (χ1n) is 6.77. The van der Waals surface area contributed by atoms with Crippen LogP contribution in [0.1, 0.15) is 38.8 Å². The van der Waals surface area contributed by atoms with Crippen LogP contribution in [0.4, 0.5) is 0 Å². The molecule has 1 aliphatic rings. The van der Waals surface area contributed by atoms with E-state index in [0.717, 1.165) is 17.4 Å². The molecule has 1 fully saturated rings. The van der Waals surface area contributed by atoms with Gasteiger partial charge in [0.2, 0.25) is 0 Å². The molecular formula is C15H23BrN2. The predicted molar refractivity (Wildman–Crippen MR) is 80.5 cm³/mol. The molecule has 2 rings (SSSR count). The molecule has 1 aromatic carbocycles. The number of piperidine rings is 1. The molecule has 2 nitrogen and oxygen atoms in total. The van der Waals surface area contributed by atoms with Crippen molar-refractivity contribution >= 4 is 15.9 Å². The zero-order valence-corrected chi connectivity index (χ0v) is 13.0. The third kappa shape index (κ3) is 2.79. The van der Waals surface area contributed by atoms with Crippen LogP contribution in [0.15, 0.2) is 28.7 Å². The number of rotatable bonds is 2. The third-order valence-electron chi connectivity index (χ3n) is 4.51. The highest BCUT2D eigenvalue weighted by molar-refractivity contribution is 9.10. The first kappa shape index (κ1) is 14.0. The molecule has 18 heavy (non-hydrogen) atoms. The van der Waals surface area contributed by atoms with Crippen LogP contribution in [-0.2, 0) is 0 Å². The van der Waals surface area contributed by atoms with E-state index in [4.69, 9.17) is 5.73 Å². The molecule has 0 aromatic heterocycles. The van der Waals surface area contributed by atoms with E-state index in [1.807, 2.05) is 0 Å². The topological polar surface area (TPSA) is 29.3 Å². The summed E-state index contributed by atoms with van der Waals surface area (Å²) in [6.45, 7) is 7.97. The minimum Gasteiger partial charge on any atom is -0.327 e. The molecule has 0 aliphatic carbocycles. The lowest BCUT2D eigenvalue weighted by Crippen LogP contribution is -2.52. The first-order chi connectivity index (χ1) is 8.50. The Bertz CT molecular complexity index is 407. The third-order valence-corrected chi connectivity index (χ3v) is 5.00. The SMILES string of the molecule is CC1C(N)CCN(C(C)c2cccc(Br)c2)C1C. The van der Waals surface area contributed by atoms with Gasteiger partial charge < -0.3 is 5.73 Å². The fourth-order valence-corrected chi connectivity index (χ4v) is 3.35. The van der Waals surface area contributed by atoms with Crippen LogP contribution in [0.5, 0.6) is 0 Å². The maximum atomic E-state index is 6.16. The van der Waals surface area contributed by atoms with Crippen LogP contribution in [0.2, 0.25) is 0 Å². The van der Waals surface area contributed by atoms with E-state index in [1.54, 1.807) is 0 Å². The van der Waals surface area contributed by atoms with Crippen LogP contribution in [-0.4, -0.2) is 23.5 Å². The lowest BCUT2D eigenvalue weighted by molar-refractivity contribution is 0.0626. The zero-order chi connectivity index (χ0) is 13.3. The number of benzene rings is 1. The van der Waals surface area contributed by atoms with Crippen molar-refractivity contribution in [2.45, 2.75) is 45.3 Å². The standard InChI is InChI=1S/C15H23BrN2/c1-10-11(2)18(8-7-15(10)17)12(3)13-5-4-6-14(16)9-13/h4-6,9-12,15H,7-8,17H2,1-3H3. The van der Waals surface area contributed by atoms with E-state index in [-0.39, 0.29) is 0 Å². The fraction of sp³-hybridized carbons (Fsp3) is 0.600. The van der Waals surface area contributed by atoms with Gasteiger partial charge in [-0.05, 0) is 43.9 Å². The molecule has 0 bridgehead atoms. The van der Waals surface area contributed by atoms with Crippen LogP contribution >= 0.6 is 15.9 Å². The molecular weight excluding hydrogens is 288 g/mol. The molecule has 4 unspecified atom stereocenters. The molecule has 0 amide bonds. The van der Waals surface area contributed by atoms with Crippen molar-refractivity contribution in [3.63, 3.8) is 0 Å². The van der Waals surface area contributed by atoms with E-state index in [1.165, 1.54) is 5.56 Å². The summed E-state index contributed by atoms with van der Waals surface area (Å²) >= 11 is 3.55. The lowest BCUT2D eigenvalue weighted by Gasteiger charge is -2.44. The van der Waals surface area contributed by atoms with Crippen molar-refractivity contribution in [2.75, 3.05) is 6.54 Å². The summed E-state index contributed by atoms with van der Waals surface area (Å²) in [6.07, 6.45) is 1.10. The van der Waals surface area contributed by atoms with Crippen molar-refractivity contribution in [3.8, 4) is 0 Å². The fourth-order valence-electron chi connectivity index (χ4n) is 2.93. The second kappa shape index (κ2) is 5.72. The number of halogens is 1. The van der Waals surface area contributed by atoms with Gasteiger partial charge in [-0.3, -0.25) is 4.90 Å². The number of nitrogens with zero attached hydrogens (tertiary/aromatic N) is 1. The van der Waals surface area contributed by atoms with Gasteiger partial charge in [0, 0.05) is 29.1 Å². The molecule has 2 N–H and O–H groups in total. The van der Waals surface area contributed by atoms with Crippen LogP contribution in [0.3, 0.4) is 0 Å². The molecule has 1 aromatic rings. The van der Waals surface area contributed by atoms with E-state index >= 15 is 0 Å². The second-order valence-electron chi connectivity index (χ2n) is 5.52. The summed E-state index contributed by atoms with van der Waals surface area (Å²) in [5.74, 6) is 0.563.